The molecule has 3 rings (SSSR count). The van der Waals surface area contributed by atoms with Gasteiger partial charge in [0.2, 0.25) is 0 Å². The number of nitrogens with zero attached hydrogens (tertiary/aromatic N) is 3. The molecule has 2 bridgehead atoms. The second kappa shape index (κ2) is 4.37. The van der Waals surface area contributed by atoms with Gasteiger partial charge in [0.15, 0.2) is 5.69 Å². The normalized spacial score (nSPS) is 29.9. The van der Waals surface area contributed by atoms with Gasteiger partial charge in [0, 0.05) is 6.54 Å². The van der Waals surface area contributed by atoms with Crippen LogP contribution in [0.5, 0.6) is 0 Å². The van der Waals surface area contributed by atoms with E-state index in [4.69, 9.17) is 5.11 Å². The van der Waals surface area contributed by atoms with Crippen molar-refractivity contribution in [3.05, 3.63) is 11.4 Å². The standard InChI is InChI=1S/C13H19N3O2/c1-2-11-12(13(17)18)14-15-16(11)7-10-6-8-3-4-9(10)5-8/h8-10H,2-7H2,1H3,(H,17,18). The molecule has 0 amide bonds. The topological polar surface area (TPSA) is 68.0 Å². The predicted octanol–water partition coefficient (Wildman–Crippen LogP) is 1.97. The van der Waals surface area contributed by atoms with Crippen LogP contribution in [0.2, 0.25) is 0 Å². The van der Waals surface area contributed by atoms with E-state index in [1.54, 1.807) is 0 Å². The minimum absolute atomic E-state index is 0.126. The van der Waals surface area contributed by atoms with E-state index in [0.29, 0.717) is 12.3 Å². The summed E-state index contributed by atoms with van der Waals surface area (Å²) < 4.78 is 1.83. The third-order valence-corrected chi connectivity index (χ3v) is 4.67. The smallest absolute Gasteiger partial charge is 0.358 e. The molecule has 3 unspecified atom stereocenters. The molecule has 2 aliphatic carbocycles. The van der Waals surface area contributed by atoms with Crippen LogP contribution in [-0.4, -0.2) is 26.1 Å². The molecule has 1 aromatic heterocycles. The van der Waals surface area contributed by atoms with Gasteiger partial charge in [0.1, 0.15) is 0 Å². The van der Waals surface area contributed by atoms with Crippen molar-refractivity contribution in [1.29, 1.82) is 0 Å². The summed E-state index contributed by atoms with van der Waals surface area (Å²) in [5.41, 5.74) is 0.894. The molecule has 0 spiro atoms. The zero-order valence-electron chi connectivity index (χ0n) is 10.7. The maximum absolute atomic E-state index is 11.0. The molecule has 3 atom stereocenters. The van der Waals surface area contributed by atoms with Crippen molar-refractivity contribution in [2.24, 2.45) is 17.8 Å². The number of rotatable bonds is 4. The zero-order valence-corrected chi connectivity index (χ0v) is 10.7. The average molecular weight is 249 g/mol. The second-order valence-electron chi connectivity index (χ2n) is 5.66. The number of carbonyl (C=O) groups is 1. The number of aromatic nitrogens is 3. The fraction of sp³-hybridized carbons (Fsp3) is 0.769. The zero-order chi connectivity index (χ0) is 12.7. The summed E-state index contributed by atoms with van der Waals surface area (Å²) >= 11 is 0. The number of carboxylic acid groups (broad SMARTS) is 1. The van der Waals surface area contributed by atoms with Crippen LogP contribution >= 0.6 is 0 Å². The lowest BCUT2D eigenvalue weighted by atomic mass is 9.89. The molecule has 2 aliphatic rings. The summed E-state index contributed by atoms with van der Waals surface area (Å²) in [5, 5.41) is 16.9. The van der Waals surface area contributed by atoms with E-state index in [1.165, 1.54) is 25.7 Å². The van der Waals surface area contributed by atoms with Crippen LogP contribution < -0.4 is 0 Å². The average Bonchev–Trinajstić information content (AvgIpc) is 3.02. The monoisotopic (exact) mass is 249 g/mol. The van der Waals surface area contributed by atoms with Crippen LogP contribution in [0.25, 0.3) is 0 Å². The highest BCUT2D eigenvalue weighted by atomic mass is 16.4. The van der Waals surface area contributed by atoms with Gasteiger partial charge in [0.05, 0.1) is 5.69 Å². The Morgan fingerprint density at radius 2 is 2.28 bits per heavy atom. The molecule has 0 saturated heterocycles. The third-order valence-electron chi connectivity index (χ3n) is 4.67. The highest BCUT2D eigenvalue weighted by Gasteiger charge is 2.39. The van der Waals surface area contributed by atoms with Crippen LogP contribution in [0.4, 0.5) is 0 Å². The molecule has 0 aliphatic heterocycles. The first-order valence-electron chi connectivity index (χ1n) is 6.84. The highest BCUT2D eigenvalue weighted by molar-refractivity contribution is 5.86. The lowest BCUT2D eigenvalue weighted by Crippen LogP contribution is -2.19. The van der Waals surface area contributed by atoms with Gasteiger partial charge in [-0.1, -0.05) is 18.6 Å². The Labute approximate surface area is 106 Å². The van der Waals surface area contributed by atoms with Crippen molar-refractivity contribution < 1.29 is 9.90 Å². The minimum Gasteiger partial charge on any atom is -0.476 e. The van der Waals surface area contributed by atoms with Crippen LogP contribution in [0, 0.1) is 17.8 Å². The maximum atomic E-state index is 11.0. The molecule has 0 aromatic carbocycles. The van der Waals surface area contributed by atoms with E-state index < -0.39 is 5.97 Å². The van der Waals surface area contributed by atoms with Gasteiger partial charge in [-0.05, 0) is 43.4 Å². The Bertz CT molecular complexity index is 469. The molecule has 5 heteroatoms. The van der Waals surface area contributed by atoms with Crippen molar-refractivity contribution in [2.75, 3.05) is 0 Å². The van der Waals surface area contributed by atoms with Gasteiger partial charge >= 0.3 is 5.97 Å². The van der Waals surface area contributed by atoms with Crippen molar-refractivity contribution in [1.82, 2.24) is 15.0 Å². The summed E-state index contributed by atoms with van der Waals surface area (Å²) in [6.45, 7) is 2.81. The number of hydrogen-bond donors (Lipinski definition) is 1. The van der Waals surface area contributed by atoms with E-state index in [9.17, 15) is 4.79 Å². The van der Waals surface area contributed by atoms with Crippen LogP contribution in [0.15, 0.2) is 0 Å². The Morgan fingerprint density at radius 1 is 1.44 bits per heavy atom. The van der Waals surface area contributed by atoms with E-state index >= 15 is 0 Å². The van der Waals surface area contributed by atoms with E-state index in [-0.39, 0.29) is 5.69 Å². The molecule has 1 aromatic rings. The molecule has 18 heavy (non-hydrogen) atoms. The molecule has 98 valence electrons. The van der Waals surface area contributed by atoms with E-state index in [0.717, 1.165) is 24.1 Å². The Hall–Kier alpha value is -1.39. The third kappa shape index (κ3) is 1.82. The summed E-state index contributed by atoms with van der Waals surface area (Å²) in [6.07, 6.45) is 6.06. The number of carboxylic acids is 1. The van der Waals surface area contributed by atoms with Crippen molar-refractivity contribution in [3.63, 3.8) is 0 Å². The fourth-order valence-electron chi connectivity index (χ4n) is 3.82. The largest absolute Gasteiger partial charge is 0.476 e. The molecule has 5 nitrogen and oxygen atoms in total. The van der Waals surface area contributed by atoms with Crippen molar-refractivity contribution in [2.45, 2.75) is 45.6 Å². The first-order chi connectivity index (χ1) is 8.69. The number of hydrogen-bond acceptors (Lipinski definition) is 3. The summed E-state index contributed by atoms with van der Waals surface area (Å²) in [7, 11) is 0. The Kier molecular flexibility index (Phi) is 2.84. The molecular formula is C13H19N3O2. The number of fused-ring (bicyclic) bond motifs is 2. The highest BCUT2D eigenvalue weighted by Crippen LogP contribution is 2.48. The molecule has 0 radical (unpaired) electrons. The van der Waals surface area contributed by atoms with E-state index in [1.807, 2.05) is 11.6 Å². The van der Waals surface area contributed by atoms with Gasteiger partial charge in [-0.25, -0.2) is 9.48 Å². The van der Waals surface area contributed by atoms with Crippen molar-refractivity contribution in [3.8, 4) is 0 Å². The first-order valence-corrected chi connectivity index (χ1v) is 6.84. The fourth-order valence-corrected chi connectivity index (χ4v) is 3.82. The quantitative estimate of drug-likeness (QED) is 0.885. The molecule has 1 N–H and O–H groups in total. The van der Waals surface area contributed by atoms with Gasteiger partial charge in [0.25, 0.3) is 0 Å². The summed E-state index contributed by atoms with van der Waals surface area (Å²) in [6, 6.07) is 0. The lowest BCUT2D eigenvalue weighted by molar-refractivity contribution is 0.0689. The summed E-state index contributed by atoms with van der Waals surface area (Å²) in [4.78, 5) is 11.0. The number of aromatic carboxylic acids is 1. The van der Waals surface area contributed by atoms with Gasteiger partial charge in [-0.3, -0.25) is 0 Å². The first kappa shape index (κ1) is 11.7. The van der Waals surface area contributed by atoms with Crippen LogP contribution in [0.1, 0.15) is 48.8 Å². The predicted molar refractivity (Wildman–Crippen MR) is 65.3 cm³/mol. The van der Waals surface area contributed by atoms with Gasteiger partial charge in [-0.15, -0.1) is 5.10 Å². The Balaban J connectivity index is 1.78. The van der Waals surface area contributed by atoms with Crippen molar-refractivity contribution >= 4 is 5.97 Å². The Morgan fingerprint density at radius 3 is 2.83 bits per heavy atom. The van der Waals surface area contributed by atoms with Gasteiger partial charge in [-0.2, -0.15) is 0 Å². The maximum Gasteiger partial charge on any atom is 0.358 e. The summed E-state index contributed by atoms with van der Waals surface area (Å²) in [5.74, 6) is 1.45. The molecular weight excluding hydrogens is 230 g/mol. The lowest BCUT2D eigenvalue weighted by Gasteiger charge is -2.21. The molecule has 2 fully saturated rings. The molecule has 2 saturated carbocycles. The van der Waals surface area contributed by atoms with Gasteiger partial charge < -0.3 is 5.11 Å². The van der Waals surface area contributed by atoms with E-state index in [2.05, 4.69) is 10.3 Å². The SMILES string of the molecule is CCc1c(C(=O)O)nnn1CC1CC2CCC1C2. The van der Waals surface area contributed by atoms with Crippen LogP contribution in [-0.2, 0) is 13.0 Å². The van der Waals surface area contributed by atoms with Crippen LogP contribution in [0.3, 0.4) is 0 Å². The second-order valence-corrected chi connectivity index (χ2v) is 5.66. The molecule has 1 heterocycles. The minimum atomic E-state index is -0.967.